The van der Waals surface area contributed by atoms with E-state index in [1.54, 1.807) is 4.90 Å². The van der Waals surface area contributed by atoms with Gasteiger partial charge in [-0.1, -0.05) is 78.9 Å². The Balaban J connectivity index is 1.76. The van der Waals surface area contributed by atoms with E-state index in [4.69, 9.17) is 0 Å². The molecule has 0 saturated heterocycles. The van der Waals surface area contributed by atoms with E-state index in [1.807, 2.05) is 63.2 Å². The van der Waals surface area contributed by atoms with Crippen molar-refractivity contribution < 1.29 is 9.59 Å². The number of nitrogens with zero attached hydrogens (tertiary/aromatic N) is 1. The first-order valence-electron chi connectivity index (χ1n) is 11.1. The fourth-order valence-corrected chi connectivity index (χ4v) is 4.26. The molecule has 2 aromatic carbocycles. The first-order valence-corrected chi connectivity index (χ1v) is 11.1. The van der Waals surface area contributed by atoms with E-state index in [2.05, 4.69) is 11.4 Å². The number of hydrogen-bond donors (Lipinski definition) is 1. The van der Waals surface area contributed by atoms with E-state index < -0.39 is 6.04 Å². The zero-order chi connectivity index (χ0) is 21.5. The summed E-state index contributed by atoms with van der Waals surface area (Å²) >= 11 is 0. The molecule has 1 atom stereocenters. The summed E-state index contributed by atoms with van der Waals surface area (Å²) in [5.41, 5.74) is 4.31. The Labute approximate surface area is 180 Å². The lowest BCUT2D eigenvalue weighted by Gasteiger charge is -2.31. The molecule has 2 aromatic rings. The van der Waals surface area contributed by atoms with Crippen LogP contribution in [0.2, 0.25) is 0 Å². The minimum atomic E-state index is -0.509. The predicted molar refractivity (Wildman–Crippen MR) is 121 cm³/mol. The molecule has 1 fully saturated rings. The Morgan fingerprint density at radius 3 is 2.20 bits per heavy atom. The molecular weight excluding hydrogens is 372 g/mol. The number of carbonyl (C=O) groups is 2. The normalized spacial score (nSPS) is 15.4. The van der Waals surface area contributed by atoms with Crippen LogP contribution >= 0.6 is 0 Å². The molecule has 1 aliphatic rings. The molecule has 1 N–H and O–H groups in total. The van der Waals surface area contributed by atoms with Crippen LogP contribution < -0.4 is 5.32 Å². The summed E-state index contributed by atoms with van der Waals surface area (Å²) in [4.78, 5) is 28.0. The minimum absolute atomic E-state index is 0.0200. The van der Waals surface area contributed by atoms with E-state index in [0.29, 0.717) is 13.0 Å². The second-order valence-corrected chi connectivity index (χ2v) is 8.70. The lowest BCUT2D eigenvalue weighted by molar-refractivity contribution is -0.140. The molecule has 4 nitrogen and oxygen atoms in total. The summed E-state index contributed by atoms with van der Waals surface area (Å²) in [5.74, 6) is -0.0689. The molecule has 0 heterocycles. The molecule has 0 spiro atoms. The van der Waals surface area contributed by atoms with Gasteiger partial charge in [0.1, 0.15) is 6.04 Å². The zero-order valence-corrected chi connectivity index (χ0v) is 18.5. The van der Waals surface area contributed by atoms with E-state index >= 15 is 0 Å². The van der Waals surface area contributed by atoms with Crippen LogP contribution in [0.4, 0.5) is 0 Å². The van der Waals surface area contributed by atoms with Gasteiger partial charge < -0.3 is 10.2 Å². The highest BCUT2D eigenvalue weighted by Gasteiger charge is 2.28. The Morgan fingerprint density at radius 1 is 0.967 bits per heavy atom. The maximum atomic E-state index is 13.3. The summed E-state index contributed by atoms with van der Waals surface area (Å²) in [5, 5.41) is 3.19. The van der Waals surface area contributed by atoms with Gasteiger partial charge in [0.05, 0.1) is 6.42 Å². The largest absolute Gasteiger partial charge is 0.352 e. The first kappa shape index (κ1) is 22.1. The van der Waals surface area contributed by atoms with Gasteiger partial charge in [-0.05, 0) is 44.7 Å². The average molecular weight is 407 g/mol. The lowest BCUT2D eigenvalue weighted by Crippen LogP contribution is -2.50. The average Bonchev–Trinajstić information content (AvgIpc) is 2.72. The molecule has 0 unspecified atom stereocenters. The van der Waals surface area contributed by atoms with Crippen molar-refractivity contribution in [3.63, 3.8) is 0 Å². The minimum Gasteiger partial charge on any atom is -0.352 e. The molecule has 0 radical (unpaired) electrons. The van der Waals surface area contributed by atoms with Gasteiger partial charge in [-0.2, -0.15) is 0 Å². The van der Waals surface area contributed by atoms with Gasteiger partial charge in [-0.3, -0.25) is 9.59 Å². The maximum absolute atomic E-state index is 13.3. The van der Waals surface area contributed by atoms with Crippen LogP contribution in [-0.4, -0.2) is 28.8 Å². The molecule has 4 heteroatoms. The number of aryl methyl sites for hydroxylation is 2. The Kier molecular flexibility index (Phi) is 7.67. The molecule has 1 aliphatic carbocycles. The third-order valence-corrected chi connectivity index (χ3v) is 5.99. The SMILES string of the molecule is Cc1cccc(CC(=O)N(Cc2cccc(C)c2)[C@@H](C)C(=O)NC2CCCCC2)c1. The number of amides is 2. The second kappa shape index (κ2) is 10.4. The molecule has 0 aromatic heterocycles. The van der Waals surface area contributed by atoms with Gasteiger partial charge in [0.15, 0.2) is 0 Å². The molecule has 0 aliphatic heterocycles. The highest BCUT2D eigenvalue weighted by atomic mass is 16.2. The Bertz CT molecular complexity index is 871. The van der Waals surface area contributed by atoms with E-state index in [9.17, 15) is 9.59 Å². The number of hydrogen-bond acceptors (Lipinski definition) is 2. The number of carbonyl (C=O) groups excluding carboxylic acids is 2. The molecule has 1 saturated carbocycles. The third-order valence-electron chi connectivity index (χ3n) is 5.99. The maximum Gasteiger partial charge on any atom is 0.242 e. The molecule has 3 rings (SSSR count). The van der Waals surface area contributed by atoms with Crippen molar-refractivity contribution >= 4 is 11.8 Å². The van der Waals surface area contributed by atoms with Crippen LogP contribution in [-0.2, 0) is 22.6 Å². The summed E-state index contributed by atoms with van der Waals surface area (Å²) in [6.45, 7) is 6.36. The van der Waals surface area contributed by atoms with Crippen molar-refractivity contribution in [3.05, 3.63) is 70.8 Å². The van der Waals surface area contributed by atoms with Crippen LogP contribution in [0.5, 0.6) is 0 Å². The highest BCUT2D eigenvalue weighted by molar-refractivity contribution is 5.88. The van der Waals surface area contributed by atoms with Crippen molar-refractivity contribution in [2.75, 3.05) is 0 Å². The van der Waals surface area contributed by atoms with E-state index in [-0.39, 0.29) is 17.9 Å². The molecule has 30 heavy (non-hydrogen) atoms. The molecule has 0 bridgehead atoms. The summed E-state index contributed by atoms with van der Waals surface area (Å²) in [6.07, 6.45) is 5.95. The fraction of sp³-hybridized carbons (Fsp3) is 0.462. The summed E-state index contributed by atoms with van der Waals surface area (Å²) < 4.78 is 0. The van der Waals surface area contributed by atoms with Crippen LogP contribution in [0.25, 0.3) is 0 Å². The number of rotatable bonds is 7. The smallest absolute Gasteiger partial charge is 0.242 e. The van der Waals surface area contributed by atoms with Crippen LogP contribution in [0.1, 0.15) is 61.3 Å². The van der Waals surface area contributed by atoms with Gasteiger partial charge >= 0.3 is 0 Å². The monoisotopic (exact) mass is 406 g/mol. The summed E-state index contributed by atoms with van der Waals surface area (Å²) in [7, 11) is 0. The second-order valence-electron chi connectivity index (χ2n) is 8.70. The van der Waals surface area contributed by atoms with Gasteiger partial charge in [-0.25, -0.2) is 0 Å². The number of nitrogens with one attached hydrogen (secondary N) is 1. The van der Waals surface area contributed by atoms with Crippen molar-refractivity contribution in [1.29, 1.82) is 0 Å². The number of benzene rings is 2. The standard InChI is InChI=1S/C26H34N2O2/c1-19-9-7-11-22(15-19)17-25(29)28(18-23-12-8-10-20(2)16-23)21(3)26(30)27-24-13-5-4-6-14-24/h7-12,15-16,21,24H,4-6,13-14,17-18H2,1-3H3,(H,27,30)/t21-/m0/s1. The van der Waals surface area contributed by atoms with Gasteiger partial charge in [0.25, 0.3) is 0 Å². The van der Waals surface area contributed by atoms with Crippen LogP contribution in [0.3, 0.4) is 0 Å². The first-order chi connectivity index (χ1) is 14.4. The molecule has 2 amide bonds. The summed E-state index contributed by atoms with van der Waals surface area (Å²) in [6, 6.07) is 15.9. The van der Waals surface area contributed by atoms with Crippen molar-refractivity contribution in [1.82, 2.24) is 10.2 Å². The van der Waals surface area contributed by atoms with Crippen molar-refractivity contribution in [2.45, 2.75) is 77.9 Å². The van der Waals surface area contributed by atoms with E-state index in [0.717, 1.165) is 35.1 Å². The molecule has 160 valence electrons. The van der Waals surface area contributed by atoms with Crippen molar-refractivity contribution in [2.24, 2.45) is 0 Å². The van der Waals surface area contributed by atoms with Crippen LogP contribution in [0.15, 0.2) is 48.5 Å². The predicted octanol–water partition coefficient (Wildman–Crippen LogP) is 4.71. The van der Waals surface area contributed by atoms with Gasteiger partial charge in [0.2, 0.25) is 11.8 Å². The van der Waals surface area contributed by atoms with E-state index in [1.165, 1.54) is 19.3 Å². The molecular formula is C26H34N2O2. The van der Waals surface area contributed by atoms with Gasteiger partial charge in [-0.15, -0.1) is 0 Å². The van der Waals surface area contributed by atoms with Crippen molar-refractivity contribution in [3.8, 4) is 0 Å². The third kappa shape index (κ3) is 6.19. The lowest BCUT2D eigenvalue weighted by atomic mass is 9.95. The fourth-order valence-electron chi connectivity index (χ4n) is 4.26. The zero-order valence-electron chi connectivity index (χ0n) is 18.5. The Morgan fingerprint density at radius 2 is 1.57 bits per heavy atom. The highest BCUT2D eigenvalue weighted by Crippen LogP contribution is 2.19. The quantitative estimate of drug-likeness (QED) is 0.724. The topological polar surface area (TPSA) is 49.4 Å². The van der Waals surface area contributed by atoms with Gasteiger partial charge in [0, 0.05) is 12.6 Å². The van der Waals surface area contributed by atoms with Crippen LogP contribution in [0, 0.1) is 13.8 Å². The Hall–Kier alpha value is -2.62.